The zero-order chi connectivity index (χ0) is 25.8. The maximum atomic E-state index is 13.7. The lowest BCUT2D eigenvalue weighted by Crippen LogP contribution is -2.53. The third-order valence-corrected chi connectivity index (χ3v) is 7.84. The van der Waals surface area contributed by atoms with E-state index in [1.165, 1.54) is 6.07 Å². The number of carbonyl (C=O) groups is 3. The van der Waals surface area contributed by atoms with Crippen molar-refractivity contribution in [2.75, 3.05) is 27.2 Å². The Kier molecular flexibility index (Phi) is 6.50. The van der Waals surface area contributed by atoms with Crippen LogP contribution in [0.5, 0.6) is 5.75 Å². The Balaban J connectivity index is 1.86. The number of hydrogen-bond donors (Lipinski definition) is 4. The average Bonchev–Trinajstić information content (AvgIpc) is 2.77. The fourth-order valence-electron chi connectivity index (χ4n) is 6.17. The van der Waals surface area contributed by atoms with E-state index in [9.17, 15) is 29.7 Å². The van der Waals surface area contributed by atoms with Crippen molar-refractivity contribution in [3.63, 3.8) is 0 Å². The fourth-order valence-corrected chi connectivity index (χ4v) is 6.17. The van der Waals surface area contributed by atoms with Crippen molar-refractivity contribution in [1.29, 1.82) is 0 Å². The molecule has 9 heteroatoms. The maximum Gasteiger partial charge on any atom is 0.255 e. The molecule has 0 fully saturated rings. The smallest absolute Gasteiger partial charge is 0.255 e. The quantitative estimate of drug-likeness (QED) is 0.449. The lowest BCUT2D eigenvalue weighted by atomic mass is 9.60. The molecule has 0 heterocycles. The fraction of sp³-hybridized carbons (Fsp3) is 0.500. The summed E-state index contributed by atoms with van der Waals surface area (Å²) in [6, 6.07) is 2.61. The van der Waals surface area contributed by atoms with Gasteiger partial charge in [0.1, 0.15) is 22.8 Å². The predicted molar refractivity (Wildman–Crippen MR) is 129 cm³/mol. The highest BCUT2D eigenvalue weighted by molar-refractivity contribution is 6.22. The molecule has 0 radical (unpaired) electrons. The summed E-state index contributed by atoms with van der Waals surface area (Å²) >= 11 is 0. The number of primary amides is 1. The van der Waals surface area contributed by atoms with Crippen molar-refractivity contribution >= 4 is 17.5 Å². The average molecular weight is 484 g/mol. The van der Waals surface area contributed by atoms with E-state index < -0.39 is 58.4 Å². The Morgan fingerprint density at radius 2 is 1.74 bits per heavy atom. The number of rotatable bonds is 6. The molecule has 4 atom stereocenters. The molecule has 3 unspecified atom stereocenters. The number of amides is 1. The number of carbonyl (C=O) groups excluding carboxylic acids is 3. The molecule has 0 aliphatic heterocycles. The number of hydrogen-bond acceptors (Lipinski definition) is 8. The highest BCUT2D eigenvalue weighted by atomic mass is 16.3. The van der Waals surface area contributed by atoms with Crippen molar-refractivity contribution in [1.82, 2.24) is 9.80 Å². The van der Waals surface area contributed by atoms with Crippen LogP contribution in [0.15, 0.2) is 34.8 Å². The van der Waals surface area contributed by atoms with Crippen LogP contribution in [0.3, 0.4) is 0 Å². The van der Waals surface area contributed by atoms with E-state index in [4.69, 9.17) is 5.73 Å². The summed E-state index contributed by atoms with van der Waals surface area (Å²) in [7, 11) is 3.42. The largest absolute Gasteiger partial charge is 0.511 e. The van der Waals surface area contributed by atoms with Crippen LogP contribution < -0.4 is 5.73 Å². The molecule has 1 aromatic carbocycles. The Hall–Kier alpha value is -3.17. The van der Waals surface area contributed by atoms with Gasteiger partial charge in [0, 0.05) is 12.1 Å². The van der Waals surface area contributed by atoms with Gasteiger partial charge >= 0.3 is 0 Å². The van der Waals surface area contributed by atoms with Gasteiger partial charge in [-0.1, -0.05) is 19.9 Å². The number of aliphatic hydroxyl groups is 2. The number of nitrogens with zero attached hydrogens (tertiary/aromatic N) is 2. The molecule has 5 N–H and O–H groups in total. The molecule has 1 amide bonds. The number of aromatic hydroxyl groups is 1. The van der Waals surface area contributed by atoms with Crippen LogP contribution in [0, 0.1) is 17.8 Å². The first-order valence-corrected chi connectivity index (χ1v) is 12.0. The number of benzene rings is 1. The van der Waals surface area contributed by atoms with Gasteiger partial charge in [0.05, 0.1) is 17.5 Å². The van der Waals surface area contributed by atoms with Crippen molar-refractivity contribution in [3.05, 3.63) is 51.5 Å². The number of nitrogens with two attached hydrogens (primary N) is 1. The lowest BCUT2D eigenvalue weighted by molar-refractivity contribution is -0.127. The van der Waals surface area contributed by atoms with E-state index >= 15 is 0 Å². The molecule has 1 aromatic rings. The normalized spacial score (nSPS) is 26.2. The number of phenols is 1. The number of likely N-dealkylation sites (N-methyl/N-ethyl adjacent to an activating group) is 1. The van der Waals surface area contributed by atoms with Crippen LogP contribution in [-0.2, 0) is 22.6 Å². The van der Waals surface area contributed by atoms with Crippen LogP contribution in [0.4, 0.5) is 0 Å². The van der Waals surface area contributed by atoms with E-state index in [2.05, 4.69) is 18.7 Å². The molecule has 188 valence electrons. The number of fused-ring (bicyclic) bond motifs is 3. The molecular weight excluding hydrogens is 450 g/mol. The van der Waals surface area contributed by atoms with Gasteiger partial charge in [-0.05, 0) is 69.1 Å². The van der Waals surface area contributed by atoms with E-state index in [-0.39, 0.29) is 16.9 Å². The first-order chi connectivity index (χ1) is 16.5. The Bertz CT molecular complexity index is 1160. The lowest BCUT2D eigenvalue weighted by Gasteiger charge is -2.46. The highest BCUT2D eigenvalue weighted by Gasteiger charge is 2.54. The van der Waals surface area contributed by atoms with Crippen LogP contribution in [0.2, 0.25) is 0 Å². The Morgan fingerprint density at radius 1 is 1.09 bits per heavy atom. The van der Waals surface area contributed by atoms with Crippen molar-refractivity contribution in [2.24, 2.45) is 23.5 Å². The molecule has 0 aromatic heterocycles. The van der Waals surface area contributed by atoms with Crippen LogP contribution >= 0.6 is 0 Å². The van der Waals surface area contributed by atoms with E-state index in [0.717, 1.165) is 24.2 Å². The molecule has 0 bridgehead atoms. The first kappa shape index (κ1) is 24.9. The number of allylic oxidation sites excluding steroid dienone is 2. The van der Waals surface area contributed by atoms with E-state index in [0.29, 0.717) is 19.4 Å². The van der Waals surface area contributed by atoms with Crippen LogP contribution in [0.1, 0.15) is 41.8 Å². The van der Waals surface area contributed by atoms with Crippen molar-refractivity contribution in [3.8, 4) is 5.75 Å². The third-order valence-electron chi connectivity index (χ3n) is 7.84. The van der Waals surface area contributed by atoms with Crippen LogP contribution in [0.25, 0.3) is 0 Å². The number of aliphatic hydroxyl groups excluding tert-OH is 2. The number of phenolic OH excluding ortho intramolecular Hbond substituents is 1. The second-order valence-electron chi connectivity index (χ2n) is 9.86. The first-order valence-electron chi connectivity index (χ1n) is 12.0. The second-order valence-corrected chi connectivity index (χ2v) is 9.86. The minimum atomic E-state index is -1.17. The van der Waals surface area contributed by atoms with Gasteiger partial charge in [-0.3, -0.25) is 24.2 Å². The monoisotopic (exact) mass is 483 g/mol. The SMILES string of the molecule is CCN(CC)Cc1ccc(O)c2c1CC1CC3C(C(=O)C(C(N)=O)=C(O)[C@@H]3N(C)C)C(O)=C1C2=O. The van der Waals surface area contributed by atoms with Gasteiger partial charge < -0.3 is 21.1 Å². The number of Topliss-reactive ketones (excluding diaryl/α,β-unsaturated/α-hetero) is 2. The molecule has 3 aliphatic rings. The van der Waals surface area contributed by atoms with Crippen molar-refractivity contribution in [2.45, 2.75) is 39.3 Å². The maximum absolute atomic E-state index is 13.7. The standard InChI is InChI=1S/C26H33N3O6/c1-5-29(6-2)11-12-7-8-16(30)18-14(12)9-13-10-15-19(23(32)17(13)22(18)31)24(33)20(26(27)35)25(34)21(15)28(3)4/h7-8,13,15,19,21,30,32,34H,5-6,9-11H2,1-4H3,(H2,27,35)/t13?,15?,19?,21-/m1/s1. The molecule has 0 saturated carbocycles. The minimum Gasteiger partial charge on any atom is -0.511 e. The molecular formula is C26H33N3O6. The summed E-state index contributed by atoms with van der Waals surface area (Å²) in [6.07, 6.45) is 0.760. The summed E-state index contributed by atoms with van der Waals surface area (Å²) < 4.78 is 0. The topological polar surface area (TPSA) is 144 Å². The van der Waals surface area contributed by atoms with Gasteiger partial charge in [-0.2, -0.15) is 0 Å². The number of ketones is 2. The summed E-state index contributed by atoms with van der Waals surface area (Å²) in [4.78, 5) is 42.8. The highest BCUT2D eigenvalue weighted by Crippen LogP contribution is 2.50. The Morgan fingerprint density at radius 3 is 2.31 bits per heavy atom. The molecule has 0 saturated heterocycles. The zero-order valence-electron chi connectivity index (χ0n) is 20.5. The molecule has 4 rings (SSSR count). The molecule has 3 aliphatic carbocycles. The van der Waals surface area contributed by atoms with E-state index in [1.807, 2.05) is 6.07 Å². The minimum absolute atomic E-state index is 0.102. The zero-order valence-corrected chi connectivity index (χ0v) is 20.5. The summed E-state index contributed by atoms with van der Waals surface area (Å²) in [5.74, 6) is -5.41. The molecule has 0 spiro atoms. The second kappa shape index (κ2) is 9.13. The summed E-state index contributed by atoms with van der Waals surface area (Å²) in [5.41, 5.74) is 6.82. The molecule has 9 nitrogen and oxygen atoms in total. The van der Waals surface area contributed by atoms with Crippen LogP contribution in [-0.4, -0.2) is 75.8 Å². The third kappa shape index (κ3) is 3.83. The van der Waals surface area contributed by atoms with Crippen molar-refractivity contribution < 1.29 is 29.7 Å². The van der Waals surface area contributed by atoms with Gasteiger partial charge in [-0.25, -0.2) is 0 Å². The van der Waals surface area contributed by atoms with Gasteiger partial charge in [0.15, 0.2) is 11.6 Å². The predicted octanol–water partition coefficient (Wildman–Crippen LogP) is 1.85. The molecule has 35 heavy (non-hydrogen) atoms. The van der Waals surface area contributed by atoms with Gasteiger partial charge in [0.25, 0.3) is 5.91 Å². The summed E-state index contributed by atoms with van der Waals surface area (Å²) in [5, 5.41) is 32.7. The van der Waals surface area contributed by atoms with Gasteiger partial charge in [-0.15, -0.1) is 0 Å². The van der Waals surface area contributed by atoms with E-state index in [1.54, 1.807) is 19.0 Å². The Labute approximate surface area is 204 Å². The summed E-state index contributed by atoms with van der Waals surface area (Å²) in [6.45, 7) is 6.41. The van der Waals surface area contributed by atoms with Gasteiger partial charge in [0.2, 0.25) is 0 Å².